The first kappa shape index (κ1) is 17.7. The number of benzene rings is 1. The lowest BCUT2D eigenvalue weighted by molar-refractivity contribution is -0.114. The standard InChI is InChI=1S/C18H17F2N3O3/c1-11(24)23-16-10-22-15-3-2-12(8-14(15)16)5-7-25-13-4-6-21-17(9-13)26-18(19)20/h2-4,6,8-10,18,22H,5,7H2,1H3,(H,23,24). The lowest BCUT2D eigenvalue weighted by atomic mass is 10.1. The fourth-order valence-corrected chi connectivity index (χ4v) is 2.54. The zero-order valence-electron chi connectivity index (χ0n) is 14.0. The van der Waals surface area contributed by atoms with E-state index < -0.39 is 6.61 Å². The van der Waals surface area contributed by atoms with E-state index >= 15 is 0 Å². The van der Waals surface area contributed by atoms with Crippen molar-refractivity contribution in [3.63, 3.8) is 0 Å². The Morgan fingerprint density at radius 1 is 1.31 bits per heavy atom. The highest BCUT2D eigenvalue weighted by molar-refractivity contribution is 6.01. The van der Waals surface area contributed by atoms with Gasteiger partial charge in [-0.25, -0.2) is 4.98 Å². The molecule has 0 radical (unpaired) electrons. The third-order valence-electron chi connectivity index (χ3n) is 3.63. The number of anilines is 1. The molecule has 0 unspecified atom stereocenters. The Hall–Kier alpha value is -3.16. The summed E-state index contributed by atoms with van der Waals surface area (Å²) in [7, 11) is 0. The molecule has 1 aromatic carbocycles. The van der Waals surface area contributed by atoms with Crippen molar-refractivity contribution in [3.05, 3.63) is 48.3 Å². The molecule has 1 amide bonds. The van der Waals surface area contributed by atoms with Crippen LogP contribution in [0, 0.1) is 0 Å². The van der Waals surface area contributed by atoms with Gasteiger partial charge in [-0.3, -0.25) is 4.79 Å². The molecular formula is C18H17F2N3O3. The number of hydrogen-bond acceptors (Lipinski definition) is 4. The molecule has 6 nitrogen and oxygen atoms in total. The van der Waals surface area contributed by atoms with Gasteiger partial charge >= 0.3 is 6.61 Å². The van der Waals surface area contributed by atoms with Crippen LogP contribution in [-0.2, 0) is 11.2 Å². The van der Waals surface area contributed by atoms with Crippen molar-refractivity contribution in [2.75, 3.05) is 11.9 Å². The zero-order valence-corrected chi connectivity index (χ0v) is 14.0. The molecule has 0 aliphatic rings. The second kappa shape index (κ2) is 7.81. The number of carbonyl (C=O) groups is 1. The van der Waals surface area contributed by atoms with Gasteiger partial charge in [-0.05, 0) is 23.8 Å². The van der Waals surface area contributed by atoms with Crippen LogP contribution in [0.3, 0.4) is 0 Å². The number of nitrogens with zero attached hydrogens (tertiary/aromatic N) is 1. The minimum atomic E-state index is -2.93. The maximum absolute atomic E-state index is 12.2. The van der Waals surface area contributed by atoms with Crippen molar-refractivity contribution >= 4 is 22.5 Å². The van der Waals surface area contributed by atoms with E-state index in [1.54, 1.807) is 12.3 Å². The molecular weight excluding hydrogens is 344 g/mol. The third kappa shape index (κ3) is 4.47. The summed E-state index contributed by atoms with van der Waals surface area (Å²) < 4.78 is 34.2. The number of pyridine rings is 1. The first-order valence-electron chi connectivity index (χ1n) is 7.92. The molecule has 0 atom stereocenters. The lowest BCUT2D eigenvalue weighted by Gasteiger charge is -2.08. The smallest absolute Gasteiger partial charge is 0.388 e. The second-order valence-corrected chi connectivity index (χ2v) is 5.57. The van der Waals surface area contributed by atoms with Gasteiger partial charge in [0.25, 0.3) is 0 Å². The summed E-state index contributed by atoms with van der Waals surface area (Å²) in [4.78, 5) is 18.0. The van der Waals surface area contributed by atoms with Gasteiger partial charge in [0, 0.05) is 42.7 Å². The summed E-state index contributed by atoms with van der Waals surface area (Å²) in [5, 5.41) is 3.69. The van der Waals surface area contributed by atoms with Crippen LogP contribution < -0.4 is 14.8 Å². The Morgan fingerprint density at radius 2 is 2.15 bits per heavy atom. The van der Waals surface area contributed by atoms with Gasteiger partial charge in [0.2, 0.25) is 11.8 Å². The van der Waals surface area contributed by atoms with Gasteiger partial charge in [0.15, 0.2) is 0 Å². The number of aromatic amines is 1. The monoisotopic (exact) mass is 361 g/mol. The van der Waals surface area contributed by atoms with Crippen molar-refractivity contribution in [3.8, 4) is 11.6 Å². The van der Waals surface area contributed by atoms with Gasteiger partial charge in [0.05, 0.1) is 12.3 Å². The van der Waals surface area contributed by atoms with Crippen LogP contribution in [-0.4, -0.2) is 29.1 Å². The first-order valence-corrected chi connectivity index (χ1v) is 7.92. The predicted octanol–water partition coefficient (Wildman–Crippen LogP) is 3.74. The Kier molecular flexibility index (Phi) is 5.31. The average Bonchev–Trinajstić information content (AvgIpc) is 2.96. The Morgan fingerprint density at radius 3 is 2.92 bits per heavy atom. The molecule has 2 N–H and O–H groups in total. The molecule has 26 heavy (non-hydrogen) atoms. The zero-order chi connectivity index (χ0) is 18.5. The SMILES string of the molecule is CC(=O)Nc1c[nH]c2ccc(CCOc3ccnc(OC(F)F)c3)cc12. The van der Waals surface area contributed by atoms with Crippen LogP contribution in [0.5, 0.6) is 11.6 Å². The largest absolute Gasteiger partial charge is 0.493 e. The molecule has 0 saturated heterocycles. The van der Waals surface area contributed by atoms with Gasteiger partial charge in [-0.1, -0.05) is 6.07 Å². The number of rotatable bonds is 7. The van der Waals surface area contributed by atoms with Crippen molar-refractivity contribution in [1.82, 2.24) is 9.97 Å². The molecule has 3 rings (SSSR count). The Balaban J connectivity index is 1.63. The fraction of sp³-hybridized carbons (Fsp3) is 0.222. The highest BCUT2D eigenvalue weighted by atomic mass is 19.3. The van der Waals surface area contributed by atoms with Crippen LogP contribution in [0.15, 0.2) is 42.7 Å². The highest BCUT2D eigenvalue weighted by Gasteiger charge is 2.08. The minimum absolute atomic E-state index is 0.140. The number of amides is 1. The van der Waals surface area contributed by atoms with Gasteiger partial charge in [0.1, 0.15) is 5.75 Å². The quantitative estimate of drug-likeness (QED) is 0.672. The van der Waals surface area contributed by atoms with E-state index in [0.29, 0.717) is 18.8 Å². The first-order chi connectivity index (χ1) is 12.5. The third-order valence-corrected chi connectivity index (χ3v) is 3.63. The van der Waals surface area contributed by atoms with E-state index in [4.69, 9.17) is 4.74 Å². The number of H-pyrrole nitrogens is 1. The molecule has 8 heteroatoms. The van der Waals surface area contributed by atoms with E-state index in [-0.39, 0.29) is 11.8 Å². The second-order valence-electron chi connectivity index (χ2n) is 5.57. The van der Waals surface area contributed by atoms with Gasteiger partial charge < -0.3 is 19.8 Å². The van der Waals surface area contributed by atoms with Crippen LogP contribution in [0.25, 0.3) is 10.9 Å². The van der Waals surface area contributed by atoms with Crippen LogP contribution in [0.2, 0.25) is 0 Å². The van der Waals surface area contributed by atoms with Crippen molar-refractivity contribution < 1.29 is 23.0 Å². The molecule has 0 aliphatic heterocycles. The topological polar surface area (TPSA) is 76.2 Å². The predicted molar refractivity (Wildman–Crippen MR) is 92.7 cm³/mol. The summed E-state index contributed by atoms with van der Waals surface area (Å²) in [6.45, 7) is -1.12. The number of alkyl halides is 2. The van der Waals surface area contributed by atoms with E-state index in [0.717, 1.165) is 22.2 Å². The number of fused-ring (bicyclic) bond motifs is 1. The van der Waals surface area contributed by atoms with Crippen molar-refractivity contribution in [2.45, 2.75) is 20.0 Å². The number of halogens is 2. The molecule has 2 heterocycles. The molecule has 0 saturated carbocycles. The van der Waals surface area contributed by atoms with Crippen molar-refractivity contribution in [2.24, 2.45) is 0 Å². The van der Waals surface area contributed by atoms with Gasteiger partial charge in [-0.15, -0.1) is 0 Å². The van der Waals surface area contributed by atoms with Crippen LogP contribution in [0.4, 0.5) is 14.5 Å². The summed E-state index contributed by atoms with van der Waals surface area (Å²) in [5.74, 6) is 0.0719. The number of ether oxygens (including phenoxy) is 2. The average molecular weight is 361 g/mol. The molecule has 0 bridgehead atoms. The van der Waals surface area contributed by atoms with Crippen molar-refractivity contribution in [1.29, 1.82) is 0 Å². The number of carbonyl (C=O) groups excluding carboxylic acids is 1. The summed E-state index contributed by atoms with van der Waals surface area (Å²) in [5.41, 5.74) is 2.65. The highest BCUT2D eigenvalue weighted by Crippen LogP contribution is 2.25. The minimum Gasteiger partial charge on any atom is -0.493 e. The van der Waals surface area contributed by atoms with E-state index in [1.165, 1.54) is 19.2 Å². The maximum atomic E-state index is 12.2. The van der Waals surface area contributed by atoms with Crippen LogP contribution >= 0.6 is 0 Å². The Labute approximate surface area is 148 Å². The summed E-state index contributed by atoms with van der Waals surface area (Å²) >= 11 is 0. The maximum Gasteiger partial charge on any atom is 0.388 e. The van der Waals surface area contributed by atoms with Crippen LogP contribution in [0.1, 0.15) is 12.5 Å². The molecule has 0 fully saturated rings. The Bertz CT molecular complexity index is 912. The molecule has 0 aliphatic carbocycles. The lowest BCUT2D eigenvalue weighted by Crippen LogP contribution is -2.05. The molecule has 136 valence electrons. The normalized spacial score (nSPS) is 10.9. The molecule has 0 spiro atoms. The van der Waals surface area contributed by atoms with E-state index in [9.17, 15) is 13.6 Å². The summed E-state index contributed by atoms with van der Waals surface area (Å²) in [6.07, 6.45) is 3.69. The van der Waals surface area contributed by atoms with E-state index in [1.807, 2.05) is 18.2 Å². The number of hydrogen-bond donors (Lipinski definition) is 2. The molecule has 3 aromatic rings. The fourth-order valence-electron chi connectivity index (χ4n) is 2.54. The summed E-state index contributed by atoms with van der Waals surface area (Å²) in [6, 6.07) is 8.74. The molecule has 2 aromatic heterocycles. The number of nitrogens with one attached hydrogen (secondary N) is 2. The van der Waals surface area contributed by atoms with Gasteiger partial charge in [-0.2, -0.15) is 8.78 Å². The number of aromatic nitrogens is 2. The van der Waals surface area contributed by atoms with E-state index in [2.05, 4.69) is 20.0 Å².